The Bertz CT molecular complexity index is 443. The van der Waals surface area contributed by atoms with Crippen molar-refractivity contribution in [3.63, 3.8) is 0 Å². The van der Waals surface area contributed by atoms with Crippen molar-refractivity contribution in [1.82, 2.24) is 0 Å². The fourth-order valence-corrected chi connectivity index (χ4v) is 1.97. The first-order chi connectivity index (χ1) is 7.63. The van der Waals surface area contributed by atoms with Crippen molar-refractivity contribution in [2.45, 2.75) is 6.61 Å². The molecule has 0 bridgehead atoms. The second kappa shape index (κ2) is 4.59. The molecular formula is C9H9BClNO3S. The second-order valence-electron chi connectivity index (χ2n) is 3.28. The van der Waals surface area contributed by atoms with Crippen LogP contribution in [0.5, 0.6) is 0 Å². The van der Waals surface area contributed by atoms with Gasteiger partial charge in [0.05, 0.1) is 24.4 Å². The third kappa shape index (κ3) is 2.01. The highest BCUT2D eigenvalue weighted by Crippen LogP contribution is 2.25. The van der Waals surface area contributed by atoms with Gasteiger partial charge < -0.3 is 19.7 Å². The molecule has 7 heteroatoms. The van der Waals surface area contributed by atoms with Crippen molar-refractivity contribution in [2.75, 3.05) is 12.4 Å². The second-order valence-corrected chi connectivity index (χ2v) is 4.03. The van der Waals surface area contributed by atoms with E-state index < -0.39 is 7.12 Å². The monoisotopic (exact) mass is 257 g/mol. The molecule has 0 aliphatic carbocycles. The molecule has 2 N–H and O–H groups in total. The number of anilines is 1. The smallest absolute Gasteiger partial charge is 0.474 e. The molecule has 16 heavy (non-hydrogen) atoms. The molecule has 0 amide bonds. The minimum Gasteiger partial charge on any atom is -0.474 e. The van der Waals surface area contributed by atoms with Crippen molar-refractivity contribution in [2.24, 2.45) is 0 Å². The van der Waals surface area contributed by atoms with Crippen LogP contribution in [0.4, 0.5) is 5.69 Å². The van der Waals surface area contributed by atoms with Crippen LogP contribution in [0.1, 0.15) is 5.56 Å². The Morgan fingerprint density at radius 1 is 1.69 bits per heavy atom. The van der Waals surface area contributed by atoms with Gasteiger partial charge >= 0.3 is 7.12 Å². The number of halogens is 1. The van der Waals surface area contributed by atoms with E-state index in [4.69, 9.17) is 33.2 Å². The molecule has 0 radical (unpaired) electrons. The summed E-state index contributed by atoms with van der Waals surface area (Å²) < 4.78 is 9.89. The Labute approximate surface area is 104 Å². The fraction of sp³-hybridized carbons (Fsp3) is 0.222. The average molecular weight is 258 g/mol. The Hall–Kier alpha value is -0.815. The Morgan fingerprint density at radius 2 is 2.44 bits per heavy atom. The zero-order valence-electron chi connectivity index (χ0n) is 8.49. The molecule has 1 aromatic rings. The van der Waals surface area contributed by atoms with Gasteiger partial charge in [-0.3, -0.25) is 0 Å². The van der Waals surface area contributed by atoms with Gasteiger partial charge in [-0.25, -0.2) is 0 Å². The Kier molecular flexibility index (Phi) is 3.34. The first kappa shape index (κ1) is 11.7. The number of methoxy groups -OCH3 is 1. The van der Waals surface area contributed by atoms with Crippen molar-refractivity contribution >= 4 is 47.3 Å². The van der Waals surface area contributed by atoms with Gasteiger partial charge in [-0.1, -0.05) is 17.7 Å². The number of hydrogen-bond acceptors (Lipinski definition) is 4. The Balaban J connectivity index is 2.35. The molecule has 84 valence electrons. The molecule has 2 rings (SSSR count). The Morgan fingerprint density at radius 3 is 3.12 bits per heavy atom. The largest absolute Gasteiger partial charge is 0.493 e. The molecule has 1 aliphatic heterocycles. The summed E-state index contributed by atoms with van der Waals surface area (Å²) in [4.78, 5) is 0. The van der Waals surface area contributed by atoms with Crippen molar-refractivity contribution in [1.29, 1.82) is 0 Å². The van der Waals surface area contributed by atoms with E-state index in [0.29, 0.717) is 22.8 Å². The lowest BCUT2D eigenvalue weighted by molar-refractivity contribution is 0.275. The molecule has 0 saturated heterocycles. The van der Waals surface area contributed by atoms with Crippen LogP contribution in [0.3, 0.4) is 0 Å². The fourth-order valence-electron chi connectivity index (χ4n) is 1.54. The number of ether oxygens (including phenoxy) is 1. The predicted molar refractivity (Wildman–Crippen MR) is 67.1 cm³/mol. The highest BCUT2D eigenvalue weighted by Gasteiger charge is 2.31. The van der Waals surface area contributed by atoms with Crippen LogP contribution < -0.4 is 10.8 Å². The highest BCUT2D eigenvalue weighted by atomic mass is 35.5. The standard InChI is InChI=1S/C9H9BClNO3S/c1-14-9(16)12-6-3-2-5-4-15-10(13)7(5)8(6)11/h2-3,13H,4H2,1H3,(H,12,16). The van der Waals surface area contributed by atoms with Crippen LogP contribution in [-0.2, 0) is 16.0 Å². The molecule has 1 aliphatic rings. The van der Waals surface area contributed by atoms with Crippen LogP contribution in [0.25, 0.3) is 0 Å². The van der Waals surface area contributed by atoms with Crippen molar-refractivity contribution < 1.29 is 14.4 Å². The number of thiocarbonyl (C=S) groups is 1. The van der Waals surface area contributed by atoms with Gasteiger partial charge in [-0.2, -0.15) is 0 Å². The minimum absolute atomic E-state index is 0.218. The lowest BCUT2D eigenvalue weighted by Crippen LogP contribution is -2.30. The first-order valence-corrected chi connectivity index (χ1v) is 5.38. The molecular weight excluding hydrogens is 248 g/mol. The van der Waals surface area contributed by atoms with Crippen LogP contribution in [0, 0.1) is 0 Å². The molecule has 0 spiro atoms. The van der Waals surface area contributed by atoms with Gasteiger partial charge in [0.2, 0.25) is 0 Å². The number of benzene rings is 1. The average Bonchev–Trinajstić information content (AvgIpc) is 2.65. The molecule has 0 atom stereocenters. The van der Waals surface area contributed by atoms with Crippen LogP contribution in [0.15, 0.2) is 12.1 Å². The molecule has 1 aromatic carbocycles. The van der Waals surface area contributed by atoms with Gasteiger partial charge in [0.1, 0.15) is 0 Å². The third-order valence-corrected chi connectivity index (χ3v) is 3.01. The van der Waals surface area contributed by atoms with E-state index in [-0.39, 0.29) is 5.17 Å². The summed E-state index contributed by atoms with van der Waals surface area (Å²) in [7, 11) is 0.495. The van der Waals surface area contributed by atoms with E-state index in [1.807, 2.05) is 6.07 Å². The number of nitrogens with one attached hydrogen (secondary N) is 1. The minimum atomic E-state index is -0.972. The topological polar surface area (TPSA) is 50.7 Å². The van der Waals surface area contributed by atoms with Crippen molar-refractivity contribution in [3.05, 3.63) is 22.7 Å². The summed E-state index contributed by atoms with van der Waals surface area (Å²) in [6.07, 6.45) is 0. The van der Waals surface area contributed by atoms with E-state index in [2.05, 4.69) is 5.32 Å². The SMILES string of the molecule is COC(=S)Nc1ccc2c(c1Cl)B(O)OC2. The maximum absolute atomic E-state index is 9.58. The van der Waals surface area contributed by atoms with E-state index >= 15 is 0 Å². The summed E-state index contributed by atoms with van der Waals surface area (Å²) in [5.74, 6) is 0. The van der Waals surface area contributed by atoms with Crippen molar-refractivity contribution in [3.8, 4) is 0 Å². The third-order valence-electron chi connectivity index (χ3n) is 2.34. The molecule has 0 unspecified atom stereocenters. The molecule has 4 nitrogen and oxygen atoms in total. The van der Waals surface area contributed by atoms with Crippen LogP contribution in [0.2, 0.25) is 5.02 Å². The summed E-state index contributed by atoms with van der Waals surface area (Å²) in [6.45, 7) is 0.366. The van der Waals surface area contributed by atoms with Gasteiger partial charge in [-0.05, 0) is 23.8 Å². The van der Waals surface area contributed by atoms with Crippen LogP contribution in [-0.4, -0.2) is 24.4 Å². The highest BCUT2D eigenvalue weighted by molar-refractivity contribution is 7.80. The zero-order chi connectivity index (χ0) is 11.7. The number of fused-ring (bicyclic) bond motifs is 1. The maximum atomic E-state index is 9.58. The van der Waals surface area contributed by atoms with Gasteiger partial charge in [0, 0.05) is 5.46 Å². The first-order valence-electron chi connectivity index (χ1n) is 4.59. The van der Waals surface area contributed by atoms with Crippen LogP contribution >= 0.6 is 23.8 Å². The van der Waals surface area contributed by atoms with E-state index in [1.165, 1.54) is 7.11 Å². The summed E-state index contributed by atoms with van der Waals surface area (Å²) >= 11 is 11.0. The maximum Gasteiger partial charge on any atom is 0.493 e. The number of rotatable bonds is 1. The lowest BCUT2D eigenvalue weighted by Gasteiger charge is -2.11. The summed E-state index contributed by atoms with van der Waals surface area (Å²) in [6, 6.07) is 3.60. The normalized spacial score (nSPS) is 13.6. The van der Waals surface area contributed by atoms with Gasteiger partial charge in [0.15, 0.2) is 0 Å². The number of hydrogen-bond donors (Lipinski definition) is 2. The summed E-state index contributed by atoms with van der Waals surface area (Å²) in [5, 5.41) is 13.0. The van der Waals surface area contributed by atoms with Gasteiger partial charge in [-0.15, -0.1) is 0 Å². The lowest BCUT2D eigenvalue weighted by atomic mass is 9.79. The molecule has 0 aromatic heterocycles. The van der Waals surface area contributed by atoms with E-state index in [1.54, 1.807) is 6.07 Å². The quantitative estimate of drug-likeness (QED) is 0.578. The molecule has 0 saturated carbocycles. The predicted octanol–water partition coefficient (Wildman–Crippen LogP) is 0.901. The zero-order valence-corrected chi connectivity index (χ0v) is 10.1. The van der Waals surface area contributed by atoms with E-state index in [9.17, 15) is 5.02 Å². The summed E-state index contributed by atoms with van der Waals surface area (Å²) in [5.41, 5.74) is 2.06. The van der Waals surface area contributed by atoms with Gasteiger partial charge in [0.25, 0.3) is 5.17 Å². The molecule has 0 fully saturated rings. The molecule has 1 heterocycles. The van der Waals surface area contributed by atoms with E-state index in [0.717, 1.165) is 5.56 Å².